The molecule has 0 spiro atoms. The summed E-state index contributed by atoms with van der Waals surface area (Å²) in [5.41, 5.74) is 2.41. The van der Waals surface area contributed by atoms with Gasteiger partial charge in [0, 0.05) is 24.1 Å². The summed E-state index contributed by atoms with van der Waals surface area (Å²) < 4.78 is 5.59. The van der Waals surface area contributed by atoms with E-state index in [1.54, 1.807) is 30.6 Å². The molecule has 1 aliphatic carbocycles. The van der Waals surface area contributed by atoms with Crippen LogP contribution in [0.1, 0.15) is 68.4 Å². The molecule has 39 heavy (non-hydrogen) atoms. The smallest absolute Gasteiger partial charge is 0.251 e. The van der Waals surface area contributed by atoms with Crippen LogP contribution in [0.15, 0.2) is 65.3 Å². The molecule has 1 aliphatic rings. The van der Waals surface area contributed by atoms with Gasteiger partial charge in [0.1, 0.15) is 18.3 Å². The van der Waals surface area contributed by atoms with Crippen LogP contribution in [0.4, 0.5) is 5.69 Å². The summed E-state index contributed by atoms with van der Waals surface area (Å²) in [4.78, 5) is 34.7. The lowest BCUT2D eigenvalue weighted by Gasteiger charge is -2.32. The first-order chi connectivity index (χ1) is 18.9. The minimum atomic E-state index is -0.901. The fraction of sp³-hybridized carbons (Fsp3) is 0.379. The Hall–Kier alpha value is -4.34. The quantitative estimate of drug-likeness (QED) is 0.338. The molecule has 1 fully saturated rings. The van der Waals surface area contributed by atoms with Gasteiger partial charge in [-0.3, -0.25) is 19.5 Å². The Morgan fingerprint density at radius 1 is 1.03 bits per heavy atom. The highest BCUT2D eigenvalue weighted by Gasteiger charge is 2.35. The maximum absolute atomic E-state index is 14.0. The van der Waals surface area contributed by atoms with Crippen molar-refractivity contribution < 1.29 is 14.0 Å². The van der Waals surface area contributed by atoms with Crippen LogP contribution >= 0.6 is 0 Å². The summed E-state index contributed by atoms with van der Waals surface area (Å²) in [6.45, 7) is 5.84. The Balaban J connectivity index is 1.50. The number of rotatable bonds is 9. The zero-order chi connectivity index (χ0) is 27.4. The lowest BCUT2D eigenvalue weighted by molar-refractivity contribution is -0.127. The minimum Gasteiger partial charge on any atom is -0.458 e. The monoisotopic (exact) mass is 527 g/mol. The Morgan fingerprint density at radius 3 is 2.38 bits per heavy atom. The van der Waals surface area contributed by atoms with Gasteiger partial charge >= 0.3 is 0 Å². The van der Waals surface area contributed by atoms with Crippen LogP contribution in [0.5, 0.6) is 0 Å². The zero-order valence-electron chi connectivity index (χ0n) is 22.4. The first-order valence-corrected chi connectivity index (χ1v) is 13.4. The topological polar surface area (TPSA) is 119 Å². The highest BCUT2D eigenvalue weighted by Crippen LogP contribution is 2.30. The standard InChI is InChI=1S/C29H33N7O3/c1-19(2)21-9-11-24(12-10-21)36(26(37)18-35-33-28(32-34-35)25-13-8-20(3)39-25)27(22-14-16-30-17-15-22)29(38)31-23-6-4-5-7-23/h8-17,19,23,27H,4-7,18H2,1-3H3,(H,31,38)/t27-/m1/s1. The van der Waals surface area contributed by atoms with Crippen molar-refractivity contribution in [2.75, 3.05) is 4.90 Å². The predicted octanol–water partition coefficient (Wildman–Crippen LogP) is 4.59. The van der Waals surface area contributed by atoms with E-state index in [0.717, 1.165) is 37.0 Å². The van der Waals surface area contributed by atoms with Gasteiger partial charge in [-0.1, -0.05) is 38.8 Å². The molecule has 5 rings (SSSR count). The second kappa shape index (κ2) is 11.6. The van der Waals surface area contributed by atoms with E-state index in [0.29, 0.717) is 22.9 Å². The molecule has 1 aromatic carbocycles. The number of carbonyl (C=O) groups is 2. The van der Waals surface area contributed by atoms with Crippen molar-refractivity contribution in [3.05, 3.63) is 77.8 Å². The lowest BCUT2D eigenvalue weighted by atomic mass is 10.0. The third-order valence-corrected chi connectivity index (χ3v) is 7.03. The second-order valence-electron chi connectivity index (χ2n) is 10.2. The average Bonchev–Trinajstić information content (AvgIpc) is 3.70. The highest BCUT2D eigenvalue weighted by molar-refractivity contribution is 6.01. The Labute approximate surface area is 227 Å². The third-order valence-electron chi connectivity index (χ3n) is 7.03. The minimum absolute atomic E-state index is 0.0957. The first-order valence-electron chi connectivity index (χ1n) is 13.4. The van der Waals surface area contributed by atoms with Crippen LogP contribution in [0.3, 0.4) is 0 Å². The number of pyridine rings is 1. The number of aryl methyl sites for hydroxylation is 1. The molecule has 0 bridgehead atoms. The summed E-state index contributed by atoms with van der Waals surface area (Å²) in [5.74, 6) is 1.23. The maximum atomic E-state index is 14.0. The van der Waals surface area contributed by atoms with Crippen molar-refractivity contribution in [3.8, 4) is 11.6 Å². The molecule has 1 atom stereocenters. The van der Waals surface area contributed by atoms with Gasteiger partial charge in [-0.25, -0.2) is 0 Å². The normalized spacial score (nSPS) is 14.5. The molecule has 2 amide bonds. The van der Waals surface area contributed by atoms with Crippen LogP contribution in [-0.2, 0) is 16.1 Å². The summed E-state index contributed by atoms with van der Waals surface area (Å²) in [6.07, 6.45) is 7.30. The molecule has 202 valence electrons. The first kappa shape index (κ1) is 26.3. The van der Waals surface area contributed by atoms with Crippen LogP contribution in [0, 0.1) is 6.92 Å². The molecular formula is C29H33N7O3. The van der Waals surface area contributed by atoms with Crippen LogP contribution in [0.25, 0.3) is 11.6 Å². The molecule has 0 radical (unpaired) electrons. The number of furan rings is 1. The van der Waals surface area contributed by atoms with Gasteiger partial charge in [-0.15, -0.1) is 10.2 Å². The zero-order valence-corrected chi connectivity index (χ0v) is 22.4. The van der Waals surface area contributed by atoms with E-state index < -0.39 is 6.04 Å². The van der Waals surface area contributed by atoms with Crippen molar-refractivity contribution in [2.24, 2.45) is 0 Å². The fourth-order valence-electron chi connectivity index (χ4n) is 4.93. The molecule has 10 heteroatoms. The number of nitrogens with one attached hydrogen (secondary N) is 1. The molecule has 0 aliphatic heterocycles. The SMILES string of the molecule is Cc1ccc(-c2nnn(CC(=O)N(c3ccc(C(C)C)cc3)[C@@H](C(=O)NC3CCCC3)c3ccncc3)n2)o1. The fourth-order valence-corrected chi connectivity index (χ4v) is 4.93. The van der Waals surface area contributed by atoms with Gasteiger partial charge in [0.2, 0.25) is 11.7 Å². The number of amides is 2. The number of tetrazole rings is 1. The van der Waals surface area contributed by atoms with E-state index in [1.165, 1.54) is 9.70 Å². The van der Waals surface area contributed by atoms with Gasteiger partial charge in [0.05, 0.1) is 0 Å². The van der Waals surface area contributed by atoms with Gasteiger partial charge in [-0.05, 0) is 78.4 Å². The summed E-state index contributed by atoms with van der Waals surface area (Å²) in [7, 11) is 0. The molecule has 0 unspecified atom stereocenters. The van der Waals surface area contributed by atoms with E-state index in [1.807, 2.05) is 37.3 Å². The van der Waals surface area contributed by atoms with E-state index in [9.17, 15) is 9.59 Å². The number of hydrogen-bond donors (Lipinski definition) is 1. The van der Waals surface area contributed by atoms with Crippen molar-refractivity contribution >= 4 is 17.5 Å². The van der Waals surface area contributed by atoms with Gasteiger partial charge in [-0.2, -0.15) is 4.80 Å². The molecule has 1 N–H and O–H groups in total. The number of carbonyl (C=O) groups excluding carboxylic acids is 2. The Morgan fingerprint density at radius 2 is 1.74 bits per heavy atom. The van der Waals surface area contributed by atoms with E-state index in [-0.39, 0.29) is 30.2 Å². The van der Waals surface area contributed by atoms with Crippen LogP contribution in [0.2, 0.25) is 0 Å². The Bertz CT molecular complexity index is 1410. The highest BCUT2D eigenvalue weighted by atomic mass is 16.3. The van der Waals surface area contributed by atoms with E-state index >= 15 is 0 Å². The third kappa shape index (κ3) is 6.05. The summed E-state index contributed by atoms with van der Waals surface area (Å²) in [6, 6.07) is 14.1. The largest absolute Gasteiger partial charge is 0.458 e. The lowest BCUT2D eigenvalue weighted by Crippen LogP contribution is -2.47. The summed E-state index contributed by atoms with van der Waals surface area (Å²) in [5, 5.41) is 15.7. The van der Waals surface area contributed by atoms with Crippen LogP contribution in [-0.4, -0.2) is 43.0 Å². The predicted molar refractivity (Wildman–Crippen MR) is 146 cm³/mol. The van der Waals surface area contributed by atoms with Crippen molar-refractivity contribution in [1.82, 2.24) is 30.5 Å². The molecule has 10 nitrogen and oxygen atoms in total. The van der Waals surface area contributed by atoms with Gasteiger partial charge < -0.3 is 9.73 Å². The van der Waals surface area contributed by atoms with Crippen molar-refractivity contribution in [3.63, 3.8) is 0 Å². The maximum Gasteiger partial charge on any atom is 0.251 e. The number of anilines is 1. The Kier molecular flexibility index (Phi) is 7.81. The van der Waals surface area contributed by atoms with Crippen LogP contribution < -0.4 is 10.2 Å². The number of hydrogen-bond acceptors (Lipinski definition) is 7. The summed E-state index contributed by atoms with van der Waals surface area (Å²) >= 11 is 0. The van der Waals surface area contributed by atoms with Crippen molar-refractivity contribution in [1.29, 1.82) is 0 Å². The molecular weight excluding hydrogens is 494 g/mol. The van der Waals surface area contributed by atoms with Crippen molar-refractivity contribution in [2.45, 2.75) is 71.0 Å². The average molecular weight is 528 g/mol. The molecule has 0 saturated heterocycles. The van der Waals surface area contributed by atoms with Gasteiger partial charge in [0.15, 0.2) is 5.76 Å². The van der Waals surface area contributed by atoms with Gasteiger partial charge in [0.25, 0.3) is 5.91 Å². The molecule has 4 aromatic rings. The number of benzene rings is 1. The second-order valence-corrected chi connectivity index (χ2v) is 10.2. The molecule has 3 heterocycles. The molecule has 3 aromatic heterocycles. The van der Waals surface area contributed by atoms with E-state index in [2.05, 4.69) is 39.6 Å². The number of aromatic nitrogens is 5. The molecule has 1 saturated carbocycles. The number of nitrogens with zero attached hydrogens (tertiary/aromatic N) is 6. The van der Waals surface area contributed by atoms with E-state index in [4.69, 9.17) is 4.42 Å².